The van der Waals surface area contributed by atoms with Crippen LogP contribution in [0.15, 0.2) is 18.3 Å². The first-order valence-electron chi connectivity index (χ1n) is 6.27. The zero-order chi connectivity index (χ0) is 14.3. The lowest BCUT2D eigenvalue weighted by Crippen LogP contribution is -1.90. The van der Waals surface area contributed by atoms with E-state index < -0.39 is 4.92 Å². The summed E-state index contributed by atoms with van der Waals surface area (Å²) in [5.41, 5.74) is 4.26. The van der Waals surface area contributed by atoms with Gasteiger partial charge in [0, 0.05) is 0 Å². The Morgan fingerprint density at radius 2 is 2.20 bits per heavy atom. The third-order valence-corrected chi connectivity index (χ3v) is 3.37. The molecule has 0 spiro atoms. The second kappa shape index (κ2) is 4.44. The molecule has 7 heteroatoms. The number of rotatable bonds is 3. The van der Waals surface area contributed by atoms with Crippen molar-refractivity contribution in [2.24, 2.45) is 0 Å². The van der Waals surface area contributed by atoms with Gasteiger partial charge < -0.3 is 4.98 Å². The number of benzene rings is 1. The number of imidazole rings is 1. The van der Waals surface area contributed by atoms with Gasteiger partial charge in [0.05, 0.1) is 16.0 Å². The van der Waals surface area contributed by atoms with Crippen LogP contribution in [-0.4, -0.2) is 25.1 Å². The summed E-state index contributed by atoms with van der Waals surface area (Å²) in [6.07, 6.45) is 2.11. The molecule has 0 aliphatic carbocycles. The fraction of sp³-hybridized carbons (Fsp3) is 0.231. The predicted octanol–water partition coefficient (Wildman–Crippen LogP) is 2.73. The van der Waals surface area contributed by atoms with Crippen LogP contribution in [0.5, 0.6) is 0 Å². The number of nitrogens with zero attached hydrogens (tertiary/aromatic N) is 3. The Balaban J connectivity index is 2.18. The second-order valence-corrected chi connectivity index (χ2v) is 4.62. The average molecular weight is 271 g/mol. The summed E-state index contributed by atoms with van der Waals surface area (Å²) in [6.45, 7) is 4.12. The van der Waals surface area contributed by atoms with Gasteiger partial charge in [-0.1, -0.05) is 6.92 Å². The van der Waals surface area contributed by atoms with Crippen LogP contribution in [0.4, 0.5) is 5.69 Å². The molecule has 0 fully saturated rings. The zero-order valence-electron chi connectivity index (χ0n) is 11.1. The van der Waals surface area contributed by atoms with Gasteiger partial charge in [-0.3, -0.25) is 15.2 Å². The van der Waals surface area contributed by atoms with Crippen LogP contribution in [0.25, 0.3) is 22.6 Å². The highest BCUT2D eigenvalue weighted by molar-refractivity contribution is 5.81. The summed E-state index contributed by atoms with van der Waals surface area (Å²) in [4.78, 5) is 18.0. The summed E-state index contributed by atoms with van der Waals surface area (Å²) < 4.78 is 0. The maximum Gasteiger partial charge on any atom is 0.317 e. The molecule has 0 saturated carbocycles. The van der Waals surface area contributed by atoms with Crippen LogP contribution in [0.3, 0.4) is 0 Å². The van der Waals surface area contributed by atoms with E-state index >= 15 is 0 Å². The van der Waals surface area contributed by atoms with Crippen molar-refractivity contribution in [1.29, 1.82) is 0 Å². The molecular weight excluding hydrogens is 258 g/mol. The highest BCUT2D eigenvalue weighted by atomic mass is 16.6. The quantitative estimate of drug-likeness (QED) is 0.565. The molecule has 0 unspecified atom stereocenters. The SMILES string of the molecule is CCc1cc2nc(-c3[nH]ncc3[N+](=O)[O-])[nH]c2cc1C. The number of aromatic amines is 2. The summed E-state index contributed by atoms with van der Waals surface area (Å²) in [7, 11) is 0. The molecule has 1 aromatic carbocycles. The van der Waals surface area contributed by atoms with Crippen LogP contribution >= 0.6 is 0 Å². The normalized spacial score (nSPS) is 11.1. The minimum absolute atomic E-state index is 0.0866. The lowest BCUT2D eigenvalue weighted by Gasteiger charge is -2.01. The third kappa shape index (κ3) is 1.83. The first-order valence-corrected chi connectivity index (χ1v) is 6.27. The summed E-state index contributed by atoms with van der Waals surface area (Å²) in [5.74, 6) is 0.428. The van der Waals surface area contributed by atoms with Crippen molar-refractivity contribution in [3.05, 3.63) is 39.6 Å². The zero-order valence-corrected chi connectivity index (χ0v) is 11.1. The van der Waals surface area contributed by atoms with Gasteiger partial charge in [-0.05, 0) is 36.6 Å². The second-order valence-electron chi connectivity index (χ2n) is 4.62. The predicted molar refractivity (Wildman–Crippen MR) is 74.4 cm³/mol. The minimum Gasteiger partial charge on any atom is -0.336 e. The molecule has 3 aromatic rings. The van der Waals surface area contributed by atoms with Crippen LogP contribution in [0.1, 0.15) is 18.1 Å². The molecule has 3 rings (SSSR count). The maximum absolute atomic E-state index is 10.9. The number of nitrogens with one attached hydrogen (secondary N) is 2. The molecule has 2 heterocycles. The fourth-order valence-electron chi connectivity index (χ4n) is 2.30. The molecule has 0 saturated heterocycles. The Hall–Kier alpha value is -2.70. The number of fused-ring (bicyclic) bond motifs is 1. The topological polar surface area (TPSA) is 100 Å². The van der Waals surface area contributed by atoms with Crippen molar-refractivity contribution in [2.75, 3.05) is 0 Å². The number of aryl methyl sites for hydroxylation is 2. The Bertz CT molecular complexity index is 802. The molecule has 102 valence electrons. The Kier molecular flexibility index (Phi) is 2.74. The number of aromatic nitrogens is 4. The number of hydrogen-bond donors (Lipinski definition) is 2. The van der Waals surface area contributed by atoms with Crippen LogP contribution in [0.2, 0.25) is 0 Å². The molecular formula is C13H13N5O2. The summed E-state index contributed by atoms with van der Waals surface area (Å²) in [5, 5.41) is 17.3. The Labute approximate surface area is 114 Å². The van der Waals surface area contributed by atoms with Gasteiger partial charge in [-0.2, -0.15) is 5.10 Å². The Morgan fingerprint density at radius 3 is 2.90 bits per heavy atom. The molecule has 0 bridgehead atoms. The van der Waals surface area contributed by atoms with Crippen molar-refractivity contribution in [3.8, 4) is 11.5 Å². The number of hydrogen-bond acceptors (Lipinski definition) is 4. The molecule has 2 N–H and O–H groups in total. The van der Waals surface area contributed by atoms with E-state index in [1.165, 1.54) is 17.3 Å². The molecule has 0 radical (unpaired) electrons. The van der Waals surface area contributed by atoms with Crippen molar-refractivity contribution in [1.82, 2.24) is 20.2 Å². The fourth-order valence-corrected chi connectivity index (χ4v) is 2.30. The summed E-state index contributed by atoms with van der Waals surface area (Å²) in [6, 6.07) is 4.01. The molecule has 20 heavy (non-hydrogen) atoms. The van der Waals surface area contributed by atoms with Gasteiger partial charge in [0.2, 0.25) is 0 Å². The van der Waals surface area contributed by atoms with Gasteiger partial charge in [0.25, 0.3) is 0 Å². The summed E-state index contributed by atoms with van der Waals surface area (Å²) >= 11 is 0. The van der Waals surface area contributed by atoms with Gasteiger partial charge in [-0.15, -0.1) is 0 Å². The average Bonchev–Trinajstić information content (AvgIpc) is 3.02. The molecule has 0 atom stereocenters. The standard InChI is InChI=1S/C13H13N5O2/c1-3-8-5-10-9(4-7(8)2)15-13(16-10)12-11(18(19)20)6-14-17-12/h4-6H,3H2,1-2H3,(H,14,17)(H,15,16). The first kappa shape index (κ1) is 12.3. The van der Waals surface area contributed by atoms with E-state index in [-0.39, 0.29) is 5.69 Å². The number of nitro groups is 1. The third-order valence-electron chi connectivity index (χ3n) is 3.37. The van der Waals surface area contributed by atoms with E-state index in [9.17, 15) is 10.1 Å². The lowest BCUT2D eigenvalue weighted by atomic mass is 10.1. The molecule has 0 aliphatic heterocycles. The highest BCUT2D eigenvalue weighted by Gasteiger charge is 2.20. The van der Waals surface area contributed by atoms with Crippen molar-refractivity contribution in [3.63, 3.8) is 0 Å². The first-order chi connectivity index (χ1) is 9.60. The van der Waals surface area contributed by atoms with Gasteiger partial charge in [0.1, 0.15) is 6.20 Å². The van der Waals surface area contributed by atoms with Gasteiger partial charge >= 0.3 is 5.69 Å². The van der Waals surface area contributed by atoms with Crippen molar-refractivity contribution >= 4 is 16.7 Å². The van der Waals surface area contributed by atoms with Crippen LogP contribution in [-0.2, 0) is 6.42 Å². The van der Waals surface area contributed by atoms with Crippen molar-refractivity contribution in [2.45, 2.75) is 20.3 Å². The van der Waals surface area contributed by atoms with Gasteiger partial charge in [0.15, 0.2) is 11.5 Å². The molecule has 0 amide bonds. The van der Waals surface area contributed by atoms with E-state index in [1.807, 2.05) is 19.1 Å². The van der Waals surface area contributed by atoms with E-state index in [1.54, 1.807) is 0 Å². The van der Waals surface area contributed by atoms with E-state index in [0.29, 0.717) is 11.5 Å². The van der Waals surface area contributed by atoms with Gasteiger partial charge in [-0.25, -0.2) is 4.98 Å². The minimum atomic E-state index is -0.477. The maximum atomic E-state index is 10.9. The van der Waals surface area contributed by atoms with Crippen LogP contribution < -0.4 is 0 Å². The van der Waals surface area contributed by atoms with Crippen molar-refractivity contribution < 1.29 is 4.92 Å². The number of H-pyrrole nitrogens is 2. The van der Waals surface area contributed by atoms with E-state index in [4.69, 9.17) is 0 Å². The van der Waals surface area contributed by atoms with E-state index in [2.05, 4.69) is 27.1 Å². The van der Waals surface area contributed by atoms with Crippen LogP contribution in [0, 0.1) is 17.0 Å². The molecule has 2 aromatic heterocycles. The smallest absolute Gasteiger partial charge is 0.317 e. The molecule has 7 nitrogen and oxygen atoms in total. The monoisotopic (exact) mass is 271 g/mol. The molecule has 0 aliphatic rings. The van der Waals surface area contributed by atoms with E-state index in [0.717, 1.165) is 17.5 Å². The largest absolute Gasteiger partial charge is 0.336 e. The highest BCUT2D eigenvalue weighted by Crippen LogP contribution is 2.27. The Morgan fingerprint density at radius 1 is 1.40 bits per heavy atom. The lowest BCUT2D eigenvalue weighted by molar-refractivity contribution is -0.384.